The lowest BCUT2D eigenvalue weighted by Gasteiger charge is -2.06. The highest BCUT2D eigenvalue weighted by atomic mass is 32.2. The fourth-order valence-electron chi connectivity index (χ4n) is 3.50. The van der Waals surface area contributed by atoms with E-state index in [-0.39, 0.29) is 0 Å². The van der Waals surface area contributed by atoms with Gasteiger partial charge >= 0.3 is 0 Å². The summed E-state index contributed by atoms with van der Waals surface area (Å²) >= 11 is 1.45. The number of aromatic nitrogens is 3. The Morgan fingerprint density at radius 1 is 1.17 bits per heavy atom. The maximum Gasteiger partial charge on any atom is 0.221 e. The molecule has 1 aromatic carbocycles. The Balaban J connectivity index is 1.28. The second-order valence-electron chi connectivity index (χ2n) is 6.92. The van der Waals surface area contributed by atoms with Crippen molar-refractivity contribution >= 4 is 18.0 Å². The van der Waals surface area contributed by atoms with Crippen molar-refractivity contribution in [3.63, 3.8) is 0 Å². The van der Waals surface area contributed by atoms with Gasteiger partial charge in [0.25, 0.3) is 0 Å². The standard InChI is InChI=1S/C22H20N4O3S/c1-30-22-25-24-21(20-6-3-11-27-20)26(22)23-13-18-9-10-19(29-18)14-28-17-8-7-15-4-2-5-16(15)12-17/h3,6-13H,2,4-5,14H2,1H3. The second kappa shape index (κ2) is 8.23. The Bertz CT molecular complexity index is 1180. The molecule has 0 amide bonds. The zero-order chi connectivity index (χ0) is 20.3. The van der Waals surface area contributed by atoms with Gasteiger partial charge in [0.1, 0.15) is 23.9 Å². The van der Waals surface area contributed by atoms with Gasteiger partial charge in [-0.25, -0.2) is 0 Å². The van der Waals surface area contributed by atoms with E-state index < -0.39 is 0 Å². The van der Waals surface area contributed by atoms with Crippen molar-refractivity contribution in [3.8, 4) is 17.3 Å². The van der Waals surface area contributed by atoms with E-state index in [0.717, 1.165) is 17.9 Å². The first-order valence-corrected chi connectivity index (χ1v) is 10.9. The third-order valence-electron chi connectivity index (χ3n) is 4.97. The van der Waals surface area contributed by atoms with Crippen LogP contribution in [0.2, 0.25) is 0 Å². The summed E-state index contributed by atoms with van der Waals surface area (Å²) in [5.41, 5.74) is 2.83. The minimum Gasteiger partial charge on any atom is -0.486 e. The lowest BCUT2D eigenvalue weighted by molar-refractivity contribution is 0.269. The second-order valence-corrected chi connectivity index (χ2v) is 7.69. The minimum absolute atomic E-state index is 0.368. The fourth-order valence-corrected chi connectivity index (χ4v) is 3.93. The number of furan rings is 2. The van der Waals surface area contributed by atoms with Crippen LogP contribution in [0.4, 0.5) is 0 Å². The molecule has 0 fully saturated rings. The molecule has 0 saturated carbocycles. The molecule has 3 heterocycles. The topological polar surface area (TPSA) is 78.6 Å². The van der Waals surface area contributed by atoms with Crippen molar-refractivity contribution in [2.75, 3.05) is 6.26 Å². The number of hydrogen-bond donors (Lipinski definition) is 0. The lowest BCUT2D eigenvalue weighted by Crippen LogP contribution is -1.96. The number of fused-ring (bicyclic) bond motifs is 1. The van der Waals surface area contributed by atoms with Gasteiger partial charge in [0.2, 0.25) is 11.0 Å². The molecule has 1 aliphatic carbocycles. The Morgan fingerprint density at radius 3 is 2.97 bits per heavy atom. The van der Waals surface area contributed by atoms with E-state index >= 15 is 0 Å². The van der Waals surface area contributed by atoms with Crippen molar-refractivity contribution in [2.24, 2.45) is 5.10 Å². The summed E-state index contributed by atoms with van der Waals surface area (Å²) in [6.07, 6.45) is 8.68. The number of hydrogen-bond acceptors (Lipinski definition) is 7. The molecule has 1 aliphatic rings. The van der Waals surface area contributed by atoms with Gasteiger partial charge in [-0.2, -0.15) is 9.78 Å². The van der Waals surface area contributed by atoms with Crippen LogP contribution < -0.4 is 4.74 Å². The molecule has 0 bridgehead atoms. The van der Waals surface area contributed by atoms with Crippen LogP contribution >= 0.6 is 11.8 Å². The molecule has 8 heteroatoms. The first kappa shape index (κ1) is 18.7. The molecule has 0 aliphatic heterocycles. The lowest BCUT2D eigenvalue weighted by atomic mass is 10.1. The molecule has 0 radical (unpaired) electrons. The van der Waals surface area contributed by atoms with Gasteiger partial charge in [0, 0.05) is 0 Å². The third-order valence-corrected chi connectivity index (χ3v) is 5.59. The SMILES string of the molecule is CSc1nnc(-c2ccco2)n1N=Cc1ccc(COc2ccc3c(c2)CCC3)o1. The number of ether oxygens (including phenoxy) is 1. The normalized spacial score (nSPS) is 13.2. The smallest absolute Gasteiger partial charge is 0.221 e. The molecule has 0 spiro atoms. The van der Waals surface area contributed by atoms with Crippen molar-refractivity contribution < 1.29 is 13.6 Å². The first-order chi connectivity index (χ1) is 14.8. The molecule has 7 nitrogen and oxygen atoms in total. The van der Waals surface area contributed by atoms with E-state index in [1.165, 1.54) is 35.7 Å². The van der Waals surface area contributed by atoms with Gasteiger partial charge in [0.05, 0.1) is 12.5 Å². The monoisotopic (exact) mass is 420 g/mol. The van der Waals surface area contributed by atoms with Crippen LogP contribution in [-0.4, -0.2) is 27.3 Å². The summed E-state index contributed by atoms with van der Waals surface area (Å²) in [5.74, 6) is 3.36. The van der Waals surface area contributed by atoms with Crippen LogP contribution in [0.15, 0.2) is 67.8 Å². The quantitative estimate of drug-likeness (QED) is 0.316. The Hall–Kier alpha value is -3.26. The Kier molecular flexibility index (Phi) is 5.15. The van der Waals surface area contributed by atoms with Crippen molar-refractivity contribution in [1.29, 1.82) is 0 Å². The van der Waals surface area contributed by atoms with Gasteiger partial charge in [-0.05, 0) is 73.0 Å². The van der Waals surface area contributed by atoms with Crippen molar-refractivity contribution in [2.45, 2.75) is 31.0 Å². The molecule has 30 heavy (non-hydrogen) atoms. The molecule has 152 valence electrons. The zero-order valence-corrected chi connectivity index (χ0v) is 17.3. The molecule has 4 aromatic rings. The number of rotatable bonds is 7. The summed E-state index contributed by atoms with van der Waals surface area (Å²) in [6.45, 7) is 0.368. The summed E-state index contributed by atoms with van der Waals surface area (Å²) in [5, 5.41) is 13.5. The van der Waals surface area contributed by atoms with Crippen molar-refractivity contribution in [3.05, 3.63) is 71.4 Å². The number of benzene rings is 1. The van der Waals surface area contributed by atoms with E-state index in [4.69, 9.17) is 13.6 Å². The Labute approximate surface area is 177 Å². The summed E-state index contributed by atoms with van der Waals surface area (Å²) in [4.78, 5) is 0. The molecular formula is C22H20N4O3S. The van der Waals surface area contributed by atoms with E-state index in [1.807, 2.05) is 30.5 Å². The van der Waals surface area contributed by atoms with E-state index in [2.05, 4.69) is 27.4 Å². The molecule has 0 atom stereocenters. The van der Waals surface area contributed by atoms with Gasteiger partial charge in [-0.15, -0.1) is 10.2 Å². The van der Waals surface area contributed by atoms with E-state index in [1.54, 1.807) is 23.2 Å². The van der Waals surface area contributed by atoms with Crippen LogP contribution in [0, 0.1) is 0 Å². The molecule has 0 saturated heterocycles. The average Bonchev–Trinajstić information content (AvgIpc) is 3.56. The largest absolute Gasteiger partial charge is 0.486 e. The predicted molar refractivity (Wildman–Crippen MR) is 114 cm³/mol. The van der Waals surface area contributed by atoms with Crippen LogP contribution in [0.5, 0.6) is 5.75 Å². The van der Waals surface area contributed by atoms with Crippen LogP contribution in [0.1, 0.15) is 29.1 Å². The highest BCUT2D eigenvalue weighted by molar-refractivity contribution is 7.98. The number of aryl methyl sites for hydroxylation is 2. The molecule has 3 aromatic heterocycles. The van der Waals surface area contributed by atoms with Crippen LogP contribution in [0.3, 0.4) is 0 Å². The van der Waals surface area contributed by atoms with Gasteiger partial charge in [0.15, 0.2) is 5.76 Å². The molecule has 0 N–H and O–H groups in total. The highest BCUT2D eigenvalue weighted by Crippen LogP contribution is 2.27. The highest BCUT2D eigenvalue weighted by Gasteiger charge is 2.15. The van der Waals surface area contributed by atoms with Crippen molar-refractivity contribution in [1.82, 2.24) is 14.9 Å². The van der Waals surface area contributed by atoms with Crippen LogP contribution in [0.25, 0.3) is 11.6 Å². The van der Waals surface area contributed by atoms with Crippen LogP contribution in [-0.2, 0) is 19.4 Å². The summed E-state index contributed by atoms with van der Waals surface area (Å²) in [7, 11) is 0. The number of nitrogens with zero attached hydrogens (tertiary/aromatic N) is 4. The molecule has 5 rings (SSSR count). The zero-order valence-electron chi connectivity index (χ0n) is 16.4. The molecular weight excluding hydrogens is 400 g/mol. The van der Waals surface area contributed by atoms with Gasteiger partial charge in [-0.1, -0.05) is 17.8 Å². The molecule has 0 unspecified atom stereocenters. The van der Waals surface area contributed by atoms with E-state index in [0.29, 0.717) is 29.1 Å². The maximum atomic E-state index is 5.91. The van der Waals surface area contributed by atoms with Gasteiger partial charge in [-0.3, -0.25) is 0 Å². The van der Waals surface area contributed by atoms with E-state index in [9.17, 15) is 0 Å². The minimum atomic E-state index is 0.368. The average molecular weight is 420 g/mol. The Morgan fingerprint density at radius 2 is 2.10 bits per heavy atom. The fraction of sp³-hybridized carbons (Fsp3) is 0.227. The first-order valence-electron chi connectivity index (χ1n) is 9.71. The summed E-state index contributed by atoms with van der Waals surface area (Å²) in [6, 6.07) is 13.7. The predicted octanol–water partition coefficient (Wildman–Crippen LogP) is 4.80. The summed E-state index contributed by atoms with van der Waals surface area (Å²) < 4.78 is 18.8. The number of thioether (sulfide) groups is 1. The maximum absolute atomic E-state index is 5.91. The third kappa shape index (κ3) is 3.78. The van der Waals surface area contributed by atoms with Gasteiger partial charge < -0.3 is 13.6 Å².